The number of ether oxygens (including phenoxy) is 2. The SMILES string of the molecule is [CH2]/C=C/C=C\COP(OCc1[c]cccc1)Oc1cc(C[C@@](C)(C(=O)OCc2ccccc2)N(Cc2ccccc2)NC(=O)OCc2ccccc2)ccc1OP(OCc1ccccc1)OCc1ccccc1. The first-order valence-corrected chi connectivity index (χ1v) is 25.8. The van der Waals surface area contributed by atoms with Crippen LogP contribution in [0.15, 0.2) is 218 Å². The Kier molecular flexibility index (Phi) is 21.8. The summed E-state index contributed by atoms with van der Waals surface area (Å²) in [5.41, 5.74) is 6.98. The molecular formula is C59H58N2O10P2. The van der Waals surface area contributed by atoms with Gasteiger partial charge in [-0.05, 0) is 71.0 Å². The smallest absolute Gasteiger partial charge is 0.422 e. The number of esters is 1. The van der Waals surface area contributed by atoms with E-state index in [0.717, 1.165) is 33.4 Å². The van der Waals surface area contributed by atoms with E-state index >= 15 is 0 Å². The monoisotopic (exact) mass is 1020 g/mol. The molecule has 1 N–H and O–H groups in total. The summed E-state index contributed by atoms with van der Waals surface area (Å²) < 4.78 is 50.5. The topological polar surface area (TPSA) is 123 Å². The van der Waals surface area contributed by atoms with Crippen LogP contribution in [0.2, 0.25) is 0 Å². The number of hydrogen-bond donors (Lipinski definition) is 1. The summed E-state index contributed by atoms with van der Waals surface area (Å²) >= 11 is 0. The number of nitrogens with zero attached hydrogens (tertiary/aromatic N) is 1. The van der Waals surface area contributed by atoms with Gasteiger partial charge in [-0.15, -0.1) is 0 Å². The van der Waals surface area contributed by atoms with Gasteiger partial charge in [0.15, 0.2) is 11.5 Å². The number of rotatable bonds is 28. The van der Waals surface area contributed by atoms with Crippen molar-refractivity contribution in [3.63, 3.8) is 0 Å². The Morgan fingerprint density at radius 3 is 1.63 bits per heavy atom. The first kappa shape index (κ1) is 53.8. The minimum absolute atomic E-state index is 0.00752. The van der Waals surface area contributed by atoms with Crippen molar-refractivity contribution in [2.75, 3.05) is 6.61 Å². The van der Waals surface area contributed by atoms with Crippen molar-refractivity contribution < 1.29 is 46.2 Å². The zero-order valence-corrected chi connectivity index (χ0v) is 42.4. The molecule has 0 heterocycles. The Balaban J connectivity index is 1.26. The lowest BCUT2D eigenvalue weighted by Crippen LogP contribution is -2.61. The minimum atomic E-state index is -2.12. The van der Waals surface area contributed by atoms with Gasteiger partial charge in [-0.2, -0.15) is 5.01 Å². The fourth-order valence-electron chi connectivity index (χ4n) is 7.03. The van der Waals surface area contributed by atoms with Gasteiger partial charge in [-0.25, -0.2) is 9.59 Å². The van der Waals surface area contributed by atoms with Crippen molar-refractivity contribution in [3.05, 3.63) is 270 Å². The number of carbonyl (C=O) groups is 2. The standard InChI is InChI=1S/C59H58N2O10P2/c1-3-4-5-24-39-66-72(67-45-51-31-18-9-19-32-51)71-56-40-54(37-38-55(56)70-73(68-46-52-33-20-10-21-34-52)69-47-53-35-22-11-23-36-53)41-59(2,57(62)64-43-49-27-14-7-15-28-49)61(42-48-25-12-6-13-26-48)60-58(63)65-44-50-29-16-8-17-30-50/h3-31,33-38,40H,1,39,41-47H2,2H3,(H,60,63)/b4-3+,24-5-/t59-,72?/m0/s1. The number of nitrogens with one attached hydrogen (secondary N) is 1. The second-order valence-corrected chi connectivity index (χ2v) is 18.8. The van der Waals surface area contributed by atoms with Gasteiger partial charge in [0.2, 0.25) is 0 Å². The Morgan fingerprint density at radius 2 is 1.07 bits per heavy atom. The number of allylic oxidation sites excluding steroid dienone is 3. The van der Waals surface area contributed by atoms with E-state index in [0.29, 0.717) is 5.56 Å². The first-order valence-electron chi connectivity index (χ1n) is 23.6. The fourth-order valence-corrected chi connectivity index (χ4v) is 8.97. The van der Waals surface area contributed by atoms with Gasteiger partial charge in [-0.1, -0.05) is 206 Å². The highest BCUT2D eigenvalue weighted by atomic mass is 31.2. The predicted molar refractivity (Wildman–Crippen MR) is 284 cm³/mol. The molecule has 7 aromatic rings. The minimum Gasteiger partial charge on any atom is -0.459 e. The van der Waals surface area contributed by atoms with E-state index < -0.39 is 34.8 Å². The molecule has 0 bridgehead atoms. The van der Waals surface area contributed by atoms with Gasteiger partial charge >= 0.3 is 29.3 Å². The predicted octanol–water partition coefficient (Wildman–Crippen LogP) is 13.7. The van der Waals surface area contributed by atoms with E-state index in [1.54, 1.807) is 42.3 Å². The van der Waals surface area contributed by atoms with Crippen LogP contribution in [-0.4, -0.2) is 29.2 Å². The molecule has 7 aromatic carbocycles. The van der Waals surface area contributed by atoms with E-state index in [9.17, 15) is 9.59 Å². The van der Waals surface area contributed by atoms with Crippen molar-refractivity contribution in [1.29, 1.82) is 0 Å². The van der Waals surface area contributed by atoms with E-state index in [-0.39, 0.29) is 64.1 Å². The van der Waals surface area contributed by atoms with E-state index in [1.165, 1.54) is 0 Å². The summed E-state index contributed by atoms with van der Waals surface area (Å²) in [6.07, 6.45) is 6.31. The van der Waals surface area contributed by atoms with Gasteiger partial charge in [-0.3, -0.25) is 23.5 Å². The van der Waals surface area contributed by atoms with Crippen molar-refractivity contribution in [3.8, 4) is 11.5 Å². The third-order valence-electron chi connectivity index (χ3n) is 10.9. The maximum atomic E-state index is 14.9. The van der Waals surface area contributed by atoms with Crippen LogP contribution in [0.4, 0.5) is 4.79 Å². The van der Waals surface area contributed by atoms with Crippen LogP contribution in [0, 0.1) is 13.0 Å². The van der Waals surface area contributed by atoms with Gasteiger partial charge in [0.1, 0.15) is 18.8 Å². The van der Waals surface area contributed by atoms with Crippen LogP contribution >= 0.6 is 17.2 Å². The maximum absolute atomic E-state index is 14.9. The van der Waals surface area contributed by atoms with Crippen LogP contribution in [0.1, 0.15) is 45.9 Å². The molecule has 1 unspecified atom stereocenters. The van der Waals surface area contributed by atoms with Crippen molar-refractivity contribution in [1.82, 2.24) is 10.4 Å². The quantitative estimate of drug-likeness (QED) is 0.0218. The summed E-state index contributed by atoms with van der Waals surface area (Å²) in [6, 6.07) is 63.7. The highest BCUT2D eigenvalue weighted by molar-refractivity contribution is 7.42. The molecule has 0 fully saturated rings. The lowest BCUT2D eigenvalue weighted by atomic mass is 9.91. The largest absolute Gasteiger partial charge is 0.459 e. The lowest BCUT2D eigenvalue weighted by Gasteiger charge is -2.39. The molecule has 0 saturated carbocycles. The summed E-state index contributed by atoms with van der Waals surface area (Å²) in [5, 5.41) is 1.56. The average molecular weight is 1020 g/mol. The Morgan fingerprint density at radius 1 is 0.562 bits per heavy atom. The number of amides is 1. The Labute approximate surface area is 431 Å². The van der Waals surface area contributed by atoms with Crippen molar-refractivity contribution >= 4 is 29.3 Å². The highest BCUT2D eigenvalue weighted by Gasteiger charge is 2.43. The molecule has 0 saturated heterocycles. The number of hydrazine groups is 1. The zero-order chi connectivity index (χ0) is 50.8. The van der Waals surface area contributed by atoms with Gasteiger partial charge in [0.25, 0.3) is 0 Å². The molecule has 7 rings (SSSR count). The van der Waals surface area contributed by atoms with Crippen LogP contribution < -0.4 is 14.5 Å². The lowest BCUT2D eigenvalue weighted by molar-refractivity contribution is -0.161. The van der Waals surface area contributed by atoms with E-state index in [1.807, 2.05) is 188 Å². The number of benzene rings is 7. The molecule has 0 aliphatic carbocycles. The van der Waals surface area contributed by atoms with E-state index in [4.69, 9.17) is 36.6 Å². The third-order valence-corrected chi connectivity index (χ3v) is 13.0. The van der Waals surface area contributed by atoms with Gasteiger partial charge in [0.05, 0.1) is 26.4 Å². The molecule has 374 valence electrons. The summed E-state index contributed by atoms with van der Waals surface area (Å²) in [7, 11) is -4.18. The second-order valence-electron chi connectivity index (χ2n) is 16.5. The van der Waals surface area contributed by atoms with Crippen LogP contribution in [-0.2, 0) is 78.4 Å². The molecule has 1 amide bonds. The molecule has 0 aliphatic rings. The van der Waals surface area contributed by atoms with Crippen LogP contribution in [0.5, 0.6) is 11.5 Å². The molecule has 12 nitrogen and oxygen atoms in total. The molecule has 0 aromatic heterocycles. The molecular weight excluding hydrogens is 959 g/mol. The van der Waals surface area contributed by atoms with Crippen LogP contribution in [0.3, 0.4) is 0 Å². The zero-order valence-electron chi connectivity index (χ0n) is 40.6. The van der Waals surface area contributed by atoms with Crippen LogP contribution in [0.25, 0.3) is 0 Å². The summed E-state index contributed by atoms with van der Waals surface area (Å²) in [5.74, 6) is -0.136. The molecule has 2 radical (unpaired) electrons. The number of hydrogen-bond acceptors (Lipinski definition) is 11. The normalized spacial score (nSPS) is 12.7. The van der Waals surface area contributed by atoms with Crippen molar-refractivity contribution in [2.24, 2.45) is 0 Å². The fraction of sp³-hybridized carbons (Fsp3) is 0.169. The Bertz CT molecular complexity index is 2720. The van der Waals surface area contributed by atoms with Gasteiger partial charge in [0, 0.05) is 13.0 Å². The van der Waals surface area contributed by atoms with Gasteiger partial charge < -0.3 is 18.5 Å². The Hall–Kier alpha value is -6.98. The summed E-state index contributed by atoms with van der Waals surface area (Å²) in [6.45, 7) is 6.25. The molecule has 0 spiro atoms. The third kappa shape index (κ3) is 18.2. The average Bonchev–Trinajstić information content (AvgIpc) is 3.43. The first-order chi connectivity index (χ1) is 35.8. The van der Waals surface area contributed by atoms with E-state index in [2.05, 4.69) is 18.4 Å². The number of carbonyl (C=O) groups excluding carboxylic acids is 2. The molecule has 0 aliphatic heterocycles. The summed E-state index contributed by atoms with van der Waals surface area (Å²) in [4.78, 5) is 28.7. The van der Waals surface area contributed by atoms with Crippen molar-refractivity contribution in [2.45, 2.75) is 58.5 Å². The molecule has 73 heavy (non-hydrogen) atoms. The highest BCUT2D eigenvalue weighted by Crippen LogP contribution is 2.50. The molecule has 14 heteroatoms. The maximum Gasteiger partial charge on any atom is 0.422 e. The molecule has 2 atom stereocenters. The second kappa shape index (κ2) is 29.5.